The van der Waals surface area contributed by atoms with Gasteiger partial charge in [0.1, 0.15) is 11.0 Å². The first-order valence-corrected chi connectivity index (χ1v) is 9.17. The number of hydrogen-bond acceptors (Lipinski definition) is 6. The minimum atomic E-state index is -0.449. The van der Waals surface area contributed by atoms with Crippen molar-refractivity contribution in [1.29, 1.82) is 0 Å². The highest BCUT2D eigenvalue weighted by molar-refractivity contribution is 7.80. The summed E-state index contributed by atoms with van der Waals surface area (Å²) in [6, 6.07) is 6.70. The fourth-order valence-electron chi connectivity index (χ4n) is 2.32. The third kappa shape index (κ3) is 3.73. The Balaban J connectivity index is 1.79. The molecular weight excluding hydrogens is 415 g/mol. The molecule has 0 saturated heterocycles. The maximum atomic E-state index is 12.4. The molecule has 0 aliphatic rings. The number of thiocarbonyl (C=S) groups is 1. The summed E-state index contributed by atoms with van der Waals surface area (Å²) in [6.07, 6.45) is 0. The van der Waals surface area contributed by atoms with Gasteiger partial charge >= 0.3 is 0 Å². The summed E-state index contributed by atoms with van der Waals surface area (Å²) < 4.78 is 13.5. The number of carbonyl (C=O) groups is 1. The van der Waals surface area contributed by atoms with Crippen LogP contribution in [-0.4, -0.2) is 26.9 Å². The van der Waals surface area contributed by atoms with E-state index in [0.29, 0.717) is 17.0 Å². The number of carbonyl (C=O) groups excluding carboxylic acids is 1. The minimum absolute atomic E-state index is 0.127. The topological polar surface area (TPSA) is 76.1 Å². The lowest BCUT2D eigenvalue weighted by molar-refractivity contribution is 0.0977. The first-order chi connectivity index (χ1) is 12.4. The first kappa shape index (κ1) is 18.8. The quantitative estimate of drug-likeness (QED) is 0.602. The van der Waals surface area contributed by atoms with Gasteiger partial charge in [0.15, 0.2) is 10.9 Å². The van der Waals surface area contributed by atoms with E-state index in [1.807, 2.05) is 19.1 Å². The molecule has 2 N–H and O–H groups in total. The maximum absolute atomic E-state index is 12.4. The van der Waals surface area contributed by atoms with Gasteiger partial charge in [0.25, 0.3) is 5.91 Å². The first-order valence-electron chi connectivity index (χ1n) is 7.28. The van der Waals surface area contributed by atoms with Crippen LogP contribution < -0.4 is 15.4 Å². The Kier molecular flexibility index (Phi) is 5.57. The Bertz CT molecular complexity index is 1000. The number of anilines is 1. The predicted molar refractivity (Wildman–Crippen MR) is 109 cm³/mol. The van der Waals surface area contributed by atoms with Gasteiger partial charge in [-0.3, -0.25) is 10.1 Å². The van der Waals surface area contributed by atoms with E-state index in [2.05, 4.69) is 19.4 Å². The van der Waals surface area contributed by atoms with E-state index in [4.69, 9.17) is 40.2 Å². The van der Waals surface area contributed by atoms with Crippen molar-refractivity contribution >= 4 is 74.9 Å². The highest BCUT2D eigenvalue weighted by atomic mass is 35.5. The summed E-state index contributed by atoms with van der Waals surface area (Å²) >= 11 is 18.5. The van der Waals surface area contributed by atoms with E-state index in [9.17, 15) is 4.79 Å². The zero-order valence-corrected chi connectivity index (χ0v) is 16.7. The summed E-state index contributed by atoms with van der Waals surface area (Å²) in [5.41, 5.74) is 3.34. The molecule has 2 aromatic carbocycles. The molecule has 1 aromatic heterocycles. The average Bonchev–Trinajstić information content (AvgIpc) is 3.06. The van der Waals surface area contributed by atoms with Crippen LogP contribution in [0.5, 0.6) is 5.75 Å². The molecule has 10 heteroatoms. The Morgan fingerprint density at radius 3 is 2.58 bits per heavy atom. The highest BCUT2D eigenvalue weighted by Crippen LogP contribution is 2.33. The van der Waals surface area contributed by atoms with E-state index in [1.54, 1.807) is 0 Å². The van der Waals surface area contributed by atoms with Crippen molar-refractivity contribution in [2.75, 3.05) is 12.4 Å². The van der Waals surface area contributed by atoms with Crippen molar-refractivity contribution in [3.05, 3.63) is 45.4 Å². The lowest BCUT2D eigenvalue weighted by atomic mass is 10.1. The third-order valence-electron chi connectivity index (χ3n) is 3.57. The number of ether oxygens (including phenoxy) is 1. The predicted octanol–water partition coefficient (Wildman–Crippen LogP) is 4.44. The number of benzene rings is 2. The van der Waals surface area contributed by atoms with Crippen LogP contribution in [-0.2, 0) is 0 Å². The molecule has 134 valence electrons. The van der Waals surface area contributed by atoms with E-state index in [-0.39, 0.29) is 20.7 Å². The summed E-state index contributed by atoms with van der Waals surface area (Å²) in [4.78, 5) is 12.4. The van der Waals surface area contributed by atoms with Crippen LogP contribution in [0.15, 0.2) is 24.3 Å². The van der Waals surface area contributed by atoms with Crippen LogP contribution in [0, 0.1) is 6.92 Å². The van der Waals surface area contributed by atoms with Crippen molar-refractivity contribution in [2.45, 2.75) is 6.92 Å². The number of methoxy groups -OCH3 is 1. The number of nitrogens with zero attached hydrogens (tertiary/aromatic N) is 2. The largest absolute Gasteiger partial charge is 0.494 e. The number of hydrogen-bond donors (Lipinski definition) is 2. The van der Waals surface area contributed by atoms with Crippen molar-refractivity contribution in [3.8, 4) is 5.75 Å². The Labute approximate surface area is 168 Å². The molecule has 0 spiro atoms. The smallest absolute Gasteiger partial charge is 0.257 e. The lowest BCUT2D eigenvalue weighted by Crippen LogP contribution is -2.34. The van der Waals surface area contributed by atoms with Gasteiger partial charge in [-0.1, -0.05) is 29.3 Å². The van der Waals surface area contributed by atoms with Gasteiger partial charge in [0.2, 0.25) is 0 Å². The molecule has 0 aliphatic carbocycles. The van der Waals surface area contributed by atoms with Crippen LogP contribution in [0.25, 0.3) is 11.0 Å². The van der Waals surface area contributed by atoms with Gasteiger partial charge in [-0.15, -0.1) is 0 Å². The van der Waals surface area contributed by atoms with Gasteiger partial charge in [-0.2, -0.15) is 8.75 Å². The number of amides is 1. The molecule has 26 heavy (non-hydrogen) atoms. The summed E-state index contributed by atoms with van der Waals surface area (Å²) in [6.45, 7) is 1.91. The average molecular weight is 427 g/mol. The number of halogens is 2. The highest BCUT2D eigenvalue weighted by Gasteiger charge is 2.16. The van der Waals surface area contributed by atoms with E-state index < -0.39 is 5.91 Å². The molecule has 0 aliphatic heterocycles. The van der Waals surface area contributed by atoms with E-state index >= 15 is 0 Å². The number of nitrogens with one attached hydrogen (secondary N) is 2. The maximum Gasteiger partial charge on any atom is 0.257 e. The molecule has 6 nitrogen and oxygen atoms in total. The van der Waals surface area contributed by atoms with E-state index in [0.717, 1.165) is 22.8 Å². The molecule has 0 unspecified atom stereocenters. The fourth-order valence-corrected chi connectivity index (χ4v) is 3.69. The van der Waals surface area contributed by atoms with Crippen molar-refractivity contribution in [3.63, 3.8) is 0 Å². The standard InChI is InChI=1S/C16H12Cl2N4O2S2/c1-7-3-4-11-13(22-26-21-11)12(7)19-16(25)20-15(23)8-5-9(17)14(24-2)10(18)6-8/h3-6H,1-2H3,(H2,19,20,23,25). The lowest BCUT2D eigenvalue weighted by Gasteiger charge is -2.13. The van der Waals surface area contributed by atoms with Crippen LogP contribution in [0.1, 0.15) is 15.9 Å². The van der Waals surface area contributed by atoms with Crippen LogP contribution in [0.4, 0.5) is 5.69 Å². The Morgan fingerprint density at radius 1 is 1.23 bits per heavy atom. The van der Waals surface area contributed by atoms with Crippen LogP contribution in [0.3, 0.4) is 0 Å². The molecule has 0 atom stereocenters. The summed E-state index contributed by atoms with van der Waals surface area (Å²) in [7, 11) is 1.45. The SMILES string of the molecule is COc1c(Cl)cc(C(=O)NC(=S)Nc2c(C)ccc3nsnc23)cc1Cl. The summed E-state index contributed by atoms with van der Waals surface area (Å²) in [5.74, 6) is -0.140. The van der Waals surface area contributed by atoms with Crippen molar-refractivity contribution < 1.29 is 9.53 Å². The second-order valence-corrected chi connectivity index (χ2v) is 7.02. The van der Waals surface area contributed by atoms with Gasteiger partial charge in [0.05, 0.1) is 34.6 Å². The molecule has 0 saturated carbocycles. The summed E-state index contributed by atoms with van der Waals surface area (Å²) in [5, 5.41) is 6.20. The molecule has 0 radical (unpaired) electrons. The van der Waals surface area contributed by atoms with Gasteiger partial charge < -0.3 is 10.1 Å². The fraction of sp³-hybridized carbons (Fsp3) is 0.125. The van der Waals surface area contributed by atoms with E-state index in [1.165, 1.54) is 19.2 Å². The molecule has 0 bridgehead atoms. The Morgan fingerprint density at radius 2 is 1.92 bits per heavy atom. The normalized spacial score (nSPS) is 10.6. The van der Waals surface area contributed by atoms with Crippen LogP contribution >= 0.6 is 47.1 Å². The van der Waals surface area contributed by atoms with Gasteiger partial charge in [0, 0.05) is 5.56 Å². The molecular formula is C16H12Cl2N4O2S2. The Hall–Kier alpha value is -2.00. The molecule has 1 heterocycles. The second-order valence-electron chi connectivity index (χ2n) is 5.27. The number of aryl methyl sites for hydroxylation is 1. The zero-order valence-electron chi connectivity index (χ0n) is 13.6. The molecule has 3 aromatic rings. The number of fused-ring (bicyclic) bond motifs is 1. The minimum Gasteiger partial charge on any atom is -0.494 e. The van der Waals surface area contributed by atoms with Crippen molar-refractivity contribution in [1.82, 2.24) is 14.1 Å². The number of aromatic nitrogens is 2. The van der Waals surface area contributed by atoms with Gasteiger partial charge in [-0.05, 0) is 42.9 Å². The monoisotopic (exact) mass is 426 g/mol. The van der Waals surface area contributed by atoms with Gasteiger partial charge in [-0.25, -0.2) is 0 Å². The number of rotatable bonds is 3. The zero-order chi connectivity index (χ0) is 18.8. The third-order valence-corrected chi connectivity index (χ3v) is 4.87. The van der Waals surface area contributed by atoms with Crippen molar-refractivity contribution in [2.24, 2.45) is 0 Å². The molecule has 0 fully saturated rings. The second kappa shape index (κ2) is 7.71. The van der Waals surface area contributed by atoms with Crippen LogP contribution in [0.2, 0.25) is 10.0 Å². The molecule has 1 amide bonds. The molecule has 3 rings (SSSR count).